The van der Waals surface area contributed by atoms with E-state index in [1.54, 1.807) is 12.1 Å². The number of thiazole rings is 1. The van der Waals surface area contributed by atoms with Crippen molar-refractivity contribution in [2.24, 2.45) is 0 Å². The number of carbonyl (C=O) groups is 1. The van der Waals surface area contributed by atoms with Gasteiger partial charge in [-0.2, -0.15) is 0 Å². The van der Waals surface area contributed by atoms with Gasteiger partial charge in [0.1, 0.15) is 15.7 Å². The van der Waals surface area contributed by atoms with Gasteiger partial charge >= 0.3 is 5.97 Å². The van der Waals surface area contributed by atoms with Crippen molar-refractivity contribution in [3.05, 3.63) is 39.1 Å². The summed E-state index contributed by atoms with van der Waals surface area (Å²) in [4.78, 5) is 15.8. The number of halogens is 2. The van der Waals surface area contributed by atoms with Crippen LogP contribution in [0.5, 0.6) is 0 Å². The second-order valence-electron chi connectivity index (χ2n) is 4.41. The molecule has 1 aromatic heterocycles. The molecule has 0 aliphatic heterocycles. The highest BCUT2D eigenvalue weighted by molar-refractivity contribution is 9.10. The molecule has 0 radical (unpaired) electrons. The van der Waals surface area contributed by atoms with Gasteiger partial charge in [0.25, 0.3) is 0 Å². The molecular formula is C13H9BrFNO2S. The molecule has 0 bridgehead atoms. The van der Waals surface area contributed by atoms with Crippen molar-refractivity contribution in [1.29, 1.82) is 0 Å². The van der Waals surface area contributed by atoms with Crippen molar-refractivity contribution in [3.63, 3.8) is 0 Å². The predicted octanol–water partition coefficient (Wildman–Crippen LogP) is 4.29. The van der Waals surface area contributed by atoms with Gasteiger partial charge in [-0.3, -0.25) is 0 Å². The van der Waals surface area contributed by atoms with E-state index < -0.39 is 11.8 Å². The molecule has 1 aliphatic rings. The summed E-state index contributed by atoms with van der Waals surface area (Å²) in [6.07, 6.45) is 1.92. The van der Waals surface area contributed by atoms with Crippen LogP contribution in [-0.4, -0.2) is 16.1 Å². The maximum atomic E-state index is 13.9. The zero-order valence-corrected chi connectivity index (χ0v) is 12.1. The molecule has 19 heavy (non-hydrogen) atoms. The molecule has 3 rings (SSSR count). The maximum absolute atomic E-state index is 13.9. The van der Waals surface area contributed by atoms with Crippen LogP contribution in [0, 0.1) is 5.82 Å². The van der Waals surface area contributed by atoms with Crippen LogP contribution in [-0.2, 0) is 0 Å². The molecule has 6 heteroatoms. The fourth-order valence-electron chi connectivity index (χ4n) is 1.93. The Hall–Kier alpha value is -1.27. The first-order valence-corrected chi connectivity index (χ1v) is 7.37. The standard InChI is InChI=1S/C13H9BrFNO2S/c14-7-2-1-3-8(15)9(7)12-16-10(6-4-5-6)11(19-12)13(17)18/h1-3,6H,4-5H2,(H,17,18). The quantitative estimate of drug-likeness (QED) is 0.905. The topological polar surface area (TPSA) is 50.2 Å². The molecule has 2 aromatic rings. The Morgan fingerprint density at radius 2 is 2.21 bits per heavy atom. The third-order valence-corrected chi connectivity index (χ3v) is 4.73. The van der Waals surface area contributed by atoms with E-state index in [0.717, 1.165) is 24.2 Å². The van der Waals surface area contributed by atoms with Crippen LogP contribution in [0.4, 0.5) is 4.39 Å². The number of rotatable bonds is 3. The van der Waals surface area contributed by atoms with E-state index in [9.17, 15) is 14.3 Å². The lowest BCUT2D eigenvalue weighted by molar-refractivity contribution is 0.0700. The highest BCUT2D eigenvalue weighted by Gasteiger charge is 2.32. The van der Waals surface area contributed by atoms with Crippen LogP contribution in [0.2, 0.25) is 0 Å². The van der Waals surface area contributed by atoms with E-state index >= 15 is 0 Å². The van der Waals surface area contributed by atoms with Gasteiger partial charge in [-0.25, -0.2) is 14.2 Å². The van der Waals surface area contributed by atoms with Gasteiger partial charge in [0.05, 0.1) is 11.3 Å². The molecule has 1 N–H and O–H groups in total. The van der Waals surface area contributed by atoms with Gasteiger partial charge in [0.2, 0.25) is 0 Å². The molecular weight excluding hydrogens is 333 g/mol. The molecule has 0 amide bonds. The minimum atomic E-state index is -0.988. The second kappa shape index (κ2) is 4.68. The Balaban J connectivity index is 2.16. The van der Waals surface area contributed by atoms with Crippen molar-refractivity contribution in [2.45, 2.75) is 18.8 Å². The fourth-order valence-corrected chi connectivity index (χ4v) is 3.64. The molecule has 0 saturated heterocycles. The summed E-state index contributed by atoms with van der Waals surface area (Å²) in [5.41, 5.74) is 0.935. The first kappa shape index (κ1) is 12.7. The predicted molar refractivity (Wildman–Crippen MR) is 74.1 cm³/mol. The van der Waals surface area contributed by atoms with Crippen LogP contribution in [0.15, 0.2) is 22.7 Å². The summed E-state index contributed by atoms with van der Waals surface area (Å²) < 4.78 is 14.5. The van der Waals surface area contributed by atoms with Crippen LogP contribution < -0.4 is 0 Å². The lowest BCUT2D eigenvalue weighted by Gasteiger charge is -2.01. The first-order valence-electron chi connectivity index (χ1n) is 5.76. The highest BCUT2D eigenvalue weighted by Crippen LogP contribution is 2.45. The maximum Gasteiger partial charge on any atom is 0.347 e. The zero-order chi connectivity index (χ0) is 13.6. The summed E-state index contributed by atoms with van der Waals surface area (Å²) in [5.74, 6) is -1.16. The van der Waals surface area contributed by atoms with Crippen LogP contribution in [0.1, 0.15) is 34.1 Å². The van der Waals surface area contributed by atoms with Gasteiger partial charge in [0.15, 0.2) is 0 Å². The highest BCUT2D eigenvalue weighted by atomic mass is 79.9. The fraction of sp³-hybridized carbons (Fsp3) is 0.231. The summed E-state index contributed by atoms with van der Waals surface area (Å²) in [7, 11) is 0. The van der Waals surface area contributed by atoms with Gasteiger partial charge < -0.3 is 5.11 Å². The molecule has 98 valence electrons. The second-order valence-corrected chi connectivity index (χ2v) is 6.26. The number of aromatic carboxylic acids is 1. The van der Waals surface area contributed by atoms with E-state index in [1.807, 2.05) is 0 Å². The molecule has 1 aromatic carbocycles. The van der Waals surface area contributed by atoms with E-state index in [1.165, 1.54) is 6.07 Å². The van der Waals surface area contributed by atoms with Crippen molar-refractivity contribution >= 4 is 33.2 Å². The third kappa shape index (κ3) is 2.30. The third-order valence-electron chi connectivity index (χ3n) is 2.99. The molecule has 0 atom stereocenters. The number of nitrogens with zero attached hydrogens (tertiary/aromatic N) is 1. The van der Waals surface area contributed by atoms with Crippen LogP contribution in [0.25, 0.3) is 10.6 Å². The Morgan fingerprint density at radius 3 is 2.79 bits per heavy atom. The van der Waals surface area contributed by atoms with Gasteiger partial charge in [0, 0.05) is 10.4 Å². The van der Waals surface area contributed by atoms with Crippen LogP contribution in [0.3, 0.4) is 0 Å². The number of aromatic nitrogens is 1. The zero-order valence-electron chi connectivity index (χ0n) is 9.69. The molecule has 0 spiro atoms. The monoisotopic (exact) mass is 341 g/mol. The van der Waals surface area contributed by atoms with Crippen molar-refractivity contribution < 1.29 is 14.3 Å². The lowest BCUT2D eigenvalue weighted by atomic mass is 10.2. The smallest absolute Gasteiger partial charge is 0.347 e. The Morgan fingerprint density at radius 1 is 1.47 bits per heavy atom. The number of benzene rings is 1. The van der Waals surface area contributed by atoms with Gasteiger partial charge in [-0.15, -0.1) is 11.3 Å². The number of carboxylic acid groups (broad SMARTS) is 1. The molecule has 0 unspecified atom stereocenters. The molecule has 1 aliphatic carbocycles. The Labute approximate surface area is 121 Å². The minimum absolute atomic E-state index is 0.224. The average Bonchev–Trinajstić information content (AvgIpc) is 3.09. The van der Waals surface area contributed by atoms with E-state index in [-0.39, 0.29) is 10.8 Å². The van der Waals surface area contributed by atoms with E-state index in [2.05, 4.69) is 20.9 Å². The largest absolute Gasteiger partial charge is 0.477 e. The number of hydrogen-bond acceptors (Lipinski definition) is 3. The van der Waals surface area contributed by atoms with Gasteiger partial charge in [-0.1, -0.05) is 6.07 Å². The van der Waals surface area contributed by atoms with Crippen molar-refractivity contribution in [2.75, 3.05) is 0 Å². The summed E-state index contributed by atoms with van der Waals surface area (Å²) in [6, 6.07) is 4.66. The molecule has 1 fully saturated rings. The SMILES string of the molecule is O=C(O)c1sc(-c2c(F)cccc2Br)nc1C1CC1. The molecule has 1 heterocycles. The number of carboxylic acids is 1. The minimum Gasteiger partial charge on any atom is -0.477 e. The summed E-state index contributed by atoms with van der Waals surface area (Å²) in [5, 5.41) is 9.63. The summed E-state index contributed by atoms with van der Waals surface area (Å²) >= 11 is 4.32. The normalized spacial score (nSPS) is 14.6. The first-order chi connectivity index (χ1) is 9.08. The Bertz CT molecular complexity index is 646. The van der Waals surface area contributed by atoms with Gasteiger partial charge in [-0.05, 0) is 40.9 Å². The van der Waals surface area contributed by atoms with E-state index in [4.69, 9.17) is 0 Å². The molecule has 1 saturated carbocycles. The summed E-state index contributed by atoms with van der Waals surface area (Å²) in [6.45, 7) is 0. The average molecular weight is 342 g/mol. The molecule has 3 nitrogen and oxygen atoms in total. The van der Waals surface area contributed by atoms with E-state index in [0.29, 0.717) is 20.7 Å². The van der Waals surface area contributed by atoms with Crippen LogP contribution >= 0.6 is 27.3 Å². The van der Waals surface area contributed by atoms with Crippen molar-refractivity contribution in [3.8, 4) is 10.6 Å². The Kier molecular flexibility index (Phi) is 3.14. The van der Waals surface area contributed by atoms with Crippen molar-refractivity contribution in [1.82, 2.24) is 4.98 Å². The number of hydrogen-bond donors (Lipinski definition) is 1. The lowest BCUT2D eigenvalue weighted by Crippen LogP contribution is -1.97.